The number of hydrogen-bond donors (Lipinski definition) is 2. The molecule has 0 unspecified atom stereocenters. The smallest absolute Gasteiger partial charge is 0.311 e. The molecule has 1 aromatic heterocycles. The number of carbonyl (C=O) groups excluding carboxylic acids is 1. The molecule has 4 nitrogen and oxygen atoms in total. The van der Waals surface area contributed by atoms with Gasteiger partial charge in [-0.25, -0.2) is 0 Å². The number of hydrogen-bond acceptors (Lipinski definition) is 3. The molecular weight excluding hydrogens is 312 g/mol. The second-order valence-electron chi connectivity index (χ2n) is 6.33. The minimum atomic E-state index is -0.213. The van der Waals surface area contributed by atoms with Crippen LogP contribution in [0.15, 0.2) is 36.4 Å². The summed E-state index contributed by atoms with van der Waals surface area (Å²) in [6.07, 6.45) is 2.52. The van der Waals surface area contributed by atoms with Crippen LogP contribution in [0, 0.1) is 6.07 Å². The van der Waals surface area contributed by atoms with Gasteiger partial charge in [-0.1, -0.05) is 18.2 Å². The number of anilines is 1. The topological polar surface area (TPSA) is 54.1 Å². The normalized spacial score (nSPS) is 13.3. The molecule has 1 radical (unpaired) electrons. The van der Waals surface area contributed by atoms with Crippen LogP contribution in [-0.2, 0) is 22.4 Å². The number of H-pyrrole nitrogens is 1. The highest BCUT2D eigenvalue weighted by molar-refractivity contribution is 5.99. The van der Waals surface area contributed by atoms with Gasteiger partial charge in [0.15, 0.2) is 0 Å². The average Bonchev–Trinajstić information content (AvgIpc) is 2.99. The van der Waals surface area contributed by atoms with Gasteiger partial charge in [-0.3, -0.25) is 4.79 Å². The van der Waals surface area contributed by atoms with E-state index >= 15 is 0 Å². The molecule has 0 amide bonds. The summed E-state index contributed by atoms with van der Waals surface area (Å²) in [4.78, 5) is 15.4. The van der Waals surface area contributed by atoms with Gasteiger partial charge >= 0.3 is 5.97 Å². The van der Waals surface area contributed by atoms with Crippen LogP contribution in [0.3, 0.4) is 0 Å². The summed E-state index contributed by atoms with van der Waals surface area (Å²) >= 11 is 0. The fraction of sp³-hybridized carbons (Fsp3) is 0.286. The quantitative estimate of drug-likeness (QED) is 0.707. The van der Waals surface area contributed by atoms with Crippen LogP contribution in [0.5, 0.6) is 0 Å². The van der Waals surface area contributed by atoms with Gasteiger partial charge in [0.2, 0.25) is 0 Å². The first kappa shape index (κ1) is 15.8. The molecule has 0 aliphatic carbocycles. The van der Waals surface area contributed by atoms with Crippen LogP contribution in [0.25, 0.3) is 22.0 Å². The second-order valence-corrected chi connectivity index (χ2v) is 6.33. The van der Waals surface area contributed by atoms with Gasteiger partial charge in [-0.15, -0.1) is 0 Å². The lowest BCUT2D eigenvalue weighted by molar-refractivity contribution is -0.142. The zero-order chi connectivity index (χ0) is 17.2. The number of aromatic nitrogens is 1. The van der Waals surface area contributed by atoms with E-state index in [1.807, 2.05) is 25.1 Å². The molecule has 4 rings (SSSR count). The Kier molecular flexibility index (Phi) is 4.18. The van der Waals surface area contributed by atoms with E-state index in [0.29, 0.717) is 6.61 Å². The molecule has 1 aliphatic heterocycles. The molecule has 0 fully saturated rings. The van der Waals surface area contributed by atoms with Crippen LogP contribution < -0.4 is 5.32 Å². The van der Waals surface area contributed by atoms with Gasteiger partial charge in [0.05, 0.1) is 13.0 Å². The van der Waals surface area contributed by atoms with Crippen molar-refractivity contribution in [3.05, 3.63) is 53.7 Å². The van der Waals surface area contributed by atoms with Crippen molar-refractivity contribution in [3.8, 4) is 11.1 Å². The average molecular weight is 333 g/mol. The van der Waals surface area contributed by atoms with Gasteiger partial charge in [0, 0.05) is 34.4 Å². The van der Waals surface area contributed by atoms with Crippen LogP contribution in [-0.4, -0.2) is 24.1 Å². The molecular formula is C21H21N2O2. The Morgan fingerprint density at radius 1 is 1.32 bits per heavy atom. The minimum Gasteiger partial charge on any atom is -0.466 e. The summed E-state index contributed by atoms with van der Waals surface area (Å²) in [6, 6.07) is 15.5. The fourth-order valence-corrected chi connectivity index (χ4v) is 3.57. The van der Waals surface area contributed by atoms with E-state index in [1.165, 1.54) is 17.7 Å². The largest absolute Gasteiger partial charge is 0.466 e. The first-order chi connectivity index (χ1) is 12.3. The monoisotopic (exact) mass is 333 g/mol. The van der Waals surface area contributed by atoms with Crippen LogP contribution in [0.2, 0.25) is 0 Å². The zero-order valence-corrected chi connectivity index (χ0v) is 14.3. The van der Waals surface area contributed by atoms with Crippen molar-refractivity contribution in [2.75, 3.05) is 18.5 Å². The number of benzene rings is 2. The number of aryl methyl sites for hydroxylation is 1. The molecule has 1 aliphatic rings. The molecule has 127 valence electrons. The minimum absolute atomic E-state index is 0.213. The maximum atomic E-state index is 12.0. The number of esters is 1. The summed E-state index contributed by atoms with van der Waals surface area (Å²) in [7, 11) is 0. The lowest BCUT2D eigenvalue weighted by atomic mass is 9.95. The van der Waals surface area contributed by atoms with Crippen LogP contribution in [0.1, 0.15) is 24.6 Å². The van der Waals surface area contributed by atoms with Crippen molar-refractivity contribution in [2.45, 2.75) is 26.2 Å². The Hall–Kier alpha value is -2.75. The predicted molar refractivity (Wildman–Crippen MR) is 99.7 cm³/mol. The molecule has 0 spiro atoms. The van der Waals surface area contributed by atoms with E-state index in [4.69, 9.17) is 4.74 Å². The molecule has 0 atom stereocenters. The maximum Gasteiger partial charge on any atom is 0.311 e. The third-order valence-corrected chi connectivity index (χ3v) is 4.68. The van der Waals surface area contributed by atoms with Gasteiger partial charge in [-0.2, -0.15) is 0 Å². The molecule has 0 bridgehead atoms. The number of nitrogens with one attached hydrogen (secondary N) is 2. The second kappa shape index (κ2) is 6.63. The van der Waals surface area contributed by atoms with E-state index in [2.05, 4.69) is 34.6 Å². The van der Waals surface area contributed by atoms with Crippen molar-refractivity contribution in [1.82, 2.24) is 4.98 Å². The van der Waals surface area contributed by atoms with Crippen molar-refractivity contribution >= 4 is 22.6 Å². The molecule has 3 aromatic rings. The third-order valence-electron chi connectivity index (χ3n) is 4.68. The Labute approximate surface area is 147 Å². The van der Waals surface area contributed by atoms with Crippen molar-refractivity contribution < 1.29 is 9.53 Å². The van der Waals surface area contributed by atoms with Crippen molar-refractivity contribution in [1.29, 1.82) is 0 Å². The zero-order valence-electron chi connectivity index (χ0n) is 14.3. The van der Waals surface area contributed by atoms with Crippen molar-refractivity contribution in [2.24, 2.45) is 0 Å². The highest BCUT2D eigenvalue weighted by atomic mass is 16.5. The predicted octanol–water partition coefficient (Wildman–Crippen LogP) is 4.10. The lowest BCUT2D eigenvalue weighted by Gasteiger charge is -2.19. The van der Waals surface area contributed by atoms with Gasteiger partial charge in [0.25, 0.3) is 0 Å². The molecule has 0 saturated carbocycles. The number of fused-ring (bicyclic) bond motifs is 2. The highest BCUT2D eigenvalue weighted by Gasteiger charge is 2.18. The number of carbonyl (C=O) groups is 1. The summed E-state index contributed by atoms with van der Waals surface area (Å²) in [5.74, 6) is -0.213. The highest BCUT2D eigenvalue weighted by Crippen LogP contribution is 2.36. The molecule has 2 aromatic carbocycles. The molecule has 2 heterocycles. The Morgan fingerprint density at radius 3 is 3.12 bits per heavy atom. The number of ether oxygens (including phenoxy) is 1. The Bertz CT molecular complexity index is 927. The van der Waals surface area contributed by atoms with Crippen molar-refractivity contribution in [3.63, 3.8) is 0 Å². The van der Waals surface area contributed by atoms with E-state index < -0.39 is 0 Å². The van der Waals surface area contributed by atoms with Crippen LogP contribution >= 0.6 is 0 Å². The van der Waals surface area contributed by atoms with E-state index in [-0.39, 0.29) is 12.4 Å². The molecule has 4 heteroatoms. The van der Waals surface area contributed by atoms with E-state index in [1.54, 1.807) is 0 Å². The Morgan fingerprint density at radius 2 is 2.24 bits per heavy atom. The lowest BCUT2D eigenvalue weighted by Crippen LogP contribution is -2.11. The van der Waals surface area contributed by atoms with Gasteiger partial charge in [0.1, 0.15) is 0 Å². The molecule has 0 saturated heterocycles. The first-order valence-electron chi connectivity index (χ1n) is 8.79. The summed E-state index contributed by atoms with van der Waals surface area (Å²) < 4.78 is 5.14. The van der Waals surface area contributed by atoms with Gasteiger partial charge < -0.3 is 15.0 Å². The van der Waals surface area contributed by atoms with E-state index in [0.717, 1.165) is 40.7 Å². The molecule has 25 heavy (non-hydrogen) atoms. The van der Waals surface area contributed by atoms with Crippen LogP contribution in [0.4, 0.5) is 5.69 Å². The fourth-order valence-electron chi connectivity index (χ4n) is 3.57. The van der Waals surface area contributed by atoms with Gasteiger partial charge in [-0.05, 0) is 55.2 Å². The number of aromatic amines is 1. The maximum absolute atomic E-state index is 12.0. The third kappa shape index (κ3) is 3.00. The van der Waals surface area contributed by atoms with E-state index in [9.17, 15) is 4.79 Å². The first-order valence-corrected chi connectivity index (χ1v) is 8.79. The summed E-state index contributed by atoms with van der Waals surface area (Å²) in [5, 5.41) is 4.56. The standard InChI is InChI=1S/C21H21N2O2/c1-2-25-20(24)13-19-21(16-7-3-4-8-17(16)23-19)15-10-9-14-6-5-11-22-18(14)12-15/h4,7-10,12,22-23H,2,5-6,11,13H2,1H3. The SMILES string of the molecule is CCOC(=O)Cc1[nH]c2cc[c]cc2c1-c1ccc2c(c1)NCCC2. The Balaban J connectivity index is 1.83. The summed E-state index contributed by atoms with van der Waals surface area (Å²) in [5.41, 5.74) is 6.63. The molecule has 2 N–H and O–H groups in total. The number of rotatable bonds is 4. The summed E-state index contributed by atoms with van der Waals surface area (Å²) in [6.45, 7) is 3.23.